The first-order chi connectivity index (χ1) is 12.7. The number of carbonyl (C=O) groups is 1. The zero-order valence-electron chi connectivity index (χ0n) is 14.7. The molecule has 0 spiro atoms. The second kappa shape index (κ2) is 8.15. The van der Waals surface area contributed by atoms with Crippen LogP contribution < -0.4 is 10.2 Å². The molecule has 0 aliphatic carbocycles. The van der Waals surface area contributed by atoms with Crippen molar-refractivity contribution < 1.29 is 13.9 Å². The molecule has 0 saturated heterocycles. The fourth-order valence-electron chi connectivity index (χ4n) is 2.26. The van der Waals surface area contributed by atoms with Crippen LogP contribution in [-0.4, -0.2) is 28.4 Å². The fourth-order valence-corrected chi connectivity index (χ4v) is 2.26. The van der Waals surface area contributed by atoms with Gasteiger partial charge < -0.3 is 9.15 Å². The molecule has 26 heavy (non-hydrogen) atoms. The Morgan fingerprint density at radius 2 is 2.12 bits per heavy atom. The number of benzene rings is 1. The lowest BCUT2D eigenvalue weighted by atomic mass is 10.1. The molecule has 7 nitrogen and oxygen atoms in total. The van der Waals surface area contributed by atoms with Crippen molar-refractivity contribution in [3.8, 4) is 17.0 Å². The van der Waals surface area contributed by atoms with Gasteiger partial charge in [0.25, 0.3) is 5.91 Å². The van der Waals surface area contributed by atoms with E-state index in [2.05, 4.69) is 27.6 Å². The monoisotopic (exact) mass is 352 g/mol. The summed E-state index contributed by atoms with van der Waals surface area (Å²) in [6, 6.07) is 12.8. The number of nitrogens with one attached hydrogen (secondary N) is 2. The van der Waals surface area contributed by atoms with Crippen LogP contribution in [0.2, 0.25) is 0 Å². The number of aromatic nitrogens is 2. The lowest BCUT2D eigenvalue weighted by Crippen LogP contribution is -2.19. The van der Waals surface area contributed by atoms with Crippen LogP contribution in [0.3, 0.4) is 0 Å². The average Bonchev–Trinajstić information content (AvgIpc) is 3.36. The summed E-state index contributed by atoms with van der Waals surface area (Å²) in [7, 11) is 0. The van der Waals surface area contributed by atoms with E-state index in [1.807, 2.05) is 24.3 Å². The van der Waals surface area contributed by atoms with Gasteiger partial charge in [0.05, 0.1) is 18.6 Å². The van der Waals surface area contributed by atoms with Crippen LogP contribution in [0.5, 0.6) is 5.75 Å². The second-order valence-electron chi connectivity index (χ2n) is 5.66. The zero-order chi connectivity index (χ0) is 18.4. The minimum Gasteiger partial charge on any atom is -0.494 e. The highest BCUT2D eigenvalue weighted by molar-refractivity contribution is 5.98. The second-order valence-corrected chi connectivity index (χ2v) is 5.66. The van der Waals surface area contributed by atoms with Gasteiger partial charge in [0, 0.05) is 5.56 Å². The number of hydrogen-bond donors (Lipinski definition) is 2. The maximum Gasteiger partial charge on any atom is 0.289 e. The number of amides is 1. The van der Waals surface area contributed by atoms with E-state index in [0.29, 0.717) is 29.5 Å². The smallest absolute Gasteiger partial charge is 0.289 e. The van der Waals surface area contributed by atoms with Gasteiger partial charge in [-0.05, 0) is 55.8 Å². The third kappa shape index (κ3) is 4.18. The molecule has 0 atom stereocenters. The topological polar surface area (TPSA) is 92.5 Å². The molecule has 7 heteroatoms. The summed E-state index contributed by atoms with van der Waals surface area (Å²) in [5.74, 6) is 1.03. The minimum absolute atomic E-state index is 0.322. The molecule has 0 saturated carbocycles. The molecule has 0 aliphatic rings. The van der Waals surface area contributed by atoms with Gasteiger partial charge in [-0.25, -0.2) is 5.43 Å². The first-order valence-corrected chi connectivity index (χ1v) is 8.34. The molecule has 1 amide bonds. The normalized spacial score (nSPS) is 11.4. The molecule has 3 aromatic rings. The van der Waals surface area contributed by atoms with Crippen molar-refractivity contribution in [2.24, 2.45) is 5.10 Å². The van der Waals surface area contributed by atoms with E-state index in [9.17, 15) is 4.79 Å². The molecule has 1 aromatic carbocycles. The number of rotatable bonds is 7. The predicted molar refractivity (Wildman–Crippen MR) is 98.2 cm³/mol. The molecule has 0 radical (unpaired) electrons. The number of hydrogen-bond acceptors (Lipinski definition) is 5. The van der Waals surface area contributed by atoms with Crippen LogP contribution in [-0.2, 0) is 0 Å². The summed E-state index contributed by atoms with van der Waals surface area (Å²) in [5, 5.41) is 10.9. The van der Waals surface area contributed by atoms with E-state index in [1.54, 1.807) is 31.4 Å². The van der Waals surface area contributed by atoms with E-state index >= 15 is 0 Å². The molecule has 0 fully saturated rings. The maximum atomic E-state index is 12.2. The van der Waals surface area contributed by atoms with Crippen LogP contribution in [0.15, 0.2) is 58.2 Å². The van der Waals surface area contributed by atoms with E-state index in [4.69, 9.17) is 9.15 Å². The van der Waals surface area contributed by atoms with Crippen molar-refractivity contribution >= 4 is 11.6 Å². The van der Waals surface area contributed by atoms with Crippen molar-refractivity contribution in [3.63, 3.8) is 0 Å². The van der Waals surface area contributed by atoms with Gasteiger partial charge in [-0.2, -0.15) is 10.2 Å². The molecule has 0 unspecified atom stereocenters. The van der Waals surface area contributed by atoms with Crippen LogP contribution in [0.1, 0.15) is 36.5 Å². The first kappa shape index (κ1) is 17.5. The molecule has 3 rings (SSSR count). The van der Waals surface area contributed by atoms with E-state index < -0.39 is 0 Å². The maximum absolute atomic E-state index is 12.2. The Labute approximate surface area is 151 Å². The minimum atomic E-state index is -0.377. The molecular formula is C19H20N4O3. The molecular weight excluding hydrogens is 332 g/mol. The van der Waals surface area contributed by atoms with Gasteiger partial charge in [0.15, 0.2) is 0 Å². The Hall–Kier alpha value is -3.35. The number of nitrogens with zero attached hydrogens (tertiary/aromatic N) is 2. The number of aromatic amines is 1. The number of ether oxygens (including phenoxy) is 1. The summed E-state index contributed by atoms with van der Waals surface area (Å²) < 4.78 is 10.8. The van der Waals surface area contributed by atoms with Gasteiger partial charge in [-0.1, -0.05) is 6.92 Å². The fraction of sp³-hybridized carbons (Fsp3) is 0.211. The Kier molecular flexibility index (Phi) is 5.48. The third-order valence-corrected chi connectivity index (χ3v) is 3.65. The molecule has 2 heterocycles. The number of hydrazone groups is 1. The van der Waals surface area contributed by atoms with Crippen LogP contribution in [0.4, 0.5) is 0 Å². The van der Waals surface area contributed by atoms with E-state index in [1.165, 1.54) is 0 Å². The molecule has 0 aliphatic heterocycles. The van der Waals surface area contributed by atoms with Gasteiger partial charge in [0.2, 0.25) is 0 Å². The largest absolute Gasteiger partial charge is 0.494 e. The van der Waals surface area contributed by atoms with Crippen LogP contribution >= 0.6 is 0 Å². The molecule has 134 valence electrons. The Morgan fingerprint density at radius 3 is 2.81 bits per heavy atom. The zero-order valence-corrected chi connectivity index (χ0v) is 14.7. The van der Waals surface area contributed by atoms with Crippen LogP contribution in [0, 0.1) is 0 Å². The standard InChI is InChI=1S/C19H20N4O3/c1-3-10-25-15-8-6-14(7-9-15)16-12-17(22-21-16)19(24)23-20-13(2)18-5-4-11-26-18/h4-9,11-12H,3,10H2,1-2H3,(H,21,22)(H,23,24)/b20-13+. The number of carbonyl (C=O) groups excluding carboxylic acids is 1. The highest BCUT2D eigenvalue weighted by atomic mass is 16.5. The van der Waals surface area contributed by atoms with E-state index in [-0.39, 0.29) is 5.91 Å². The van der Waals surface area contributed by atoms with Crippen molar-refractivity contribution in [2.45, 2.75) is 20.3 Å². The van der Waals surface area contributed by atoms with Gasteiger partial charge >= 0.3 is 0 Å². The highest BCUT2D eigenvalue weighted by Crippen LogP contribution is 2.21. The van der Waals surface area contributed by atoms with Crippen molar-refractivity contribution in [1.82, 2.24) is 15.6 Å². The number of furan rings is 1. The van der Waals surface area contributed by atoms with Crippen molar-refractivity contribution in [1.29, 1.82) is 0 Å². The van der Waals surface area contributed by atoms with Crippen molar-refractivity contribution in [2.75, 3.05) is 6.61 Å². The lowest BCUT2D eigenvalue weighted by Gasteiger charge is -2.04. The van der Waals surface area contributed by atoms with Gasteiger partial charge in [-0.3, -0.25) is 9.89 Å². The van der Waals surface area contributed by atoms with Crippen molar-refractivity contribution in [3.05, 3.63) is 60.2 Å². The predicted octanol–water partition coefficient (Wildman–Crippen LogP) is 3.61. The lowest BCUT2D eigenvalue weighted by molar-refractivity contribution is 0.0950. The molecule has 2 aromatic heterocycles. The Bertz CT molecular complexity index is 880. The Balaban J connectivity index is 1.65. The molecule has 2 N–H and O–H groups in total. The number of H-pyrrole nitrogens is 1. The van der Waals surface area contributed by atoms with Gasteiger partial charge in [0.1, 0.15) is 22.9 Å². The summed E-state index contributed by atoms with van der Waals surface area (Å²) in [6.45, 7) is 4.49. The summed E-state index contributed by atoms with van der Waals surface area (Å²) in [4.78, 5) is 12.2. The highest BCUT2D eigenvalue weighted by Gasteiger charge is 2.11. The molecule has 0 bridgehead atoms. The third-order valence-electron chi connectivity index (χ3n) is 3.65. The first-order valence-electron chi connectivity index (χ1n) is 8.34. The summed E-state index contributed by atoms with van der Waals surface area (Å²) >= 11 is 0. The van der Waals surface area contributed by atoms with Gasteiger partial charge in [-0.15, -0.1) is 0 Å². The van der Waals surface area contributed by atoms with E-state index in [0.717, 1.165) is 17.7 Å². The summed E-state index contributed by atoms with van der Waals surface area (Å²) in [5.41, 5.74) is 4.94. The summed E-state index contributed by atoms with van der Waals surface area (Å²) in [6.07, 6.45) is 2.51. The Morgan fingerprint density at radius 1 is 1.31 bits per heavy atom. The van der Waals surface area contributed by atoms with Crippen LogP contribution in [0.25, 0.3) is 11.3 Å². The SMILES string of the molecule is CCCOc1ccc(-c2cc(C(=O)N/N=C(\C)c3ccco3)[nH]n2)cc1. The quantitative estimate of drug-likeness (QED) is 0.502. The average molecular weight is 352 g/mol.